The van der Waals surface area contributed by atoms with Gasteiger partial charge in [-0.1, -0.05) is 15.9 Å². The summed E-state index contributed by atoms with van der Waals surface area (Å²) < 4.78 is 6.83. The van der Waals surface area contributed by atoms with Crippen LogP contribution in [-0.2, 0) is 4.74 Å². The third kappa shape index (κ3) is 3.06. The molecule has 70 valence electrons. The number of hydrogen-bond donors (Lipinski definition) is 0. The van der Waals surface area contributed by atoms with Crippen molar-refractivity contribution in [3.8, 4) is 0 Å². The molecule has 0 unspecified atom stereocenters. The molecule has 0 N–H and O–H groups in total. The van der Waals surface area contributed by atoms with Crippen molar-refractivity contribution in [3.05, 3.63) is 31.8 Å². The van der Waals surface area contributed by atoms with E-state index in [1.807, 2.05) is 12.1 Å². The summed E-state index contributed by atoms with van der Waals surface area (Å²) in [6.45, 7) is 0. The van der Waals surface area contributed by atoms with Gasteiger partial charge in [0, 0.05) is 8.04 Å². The second-order valence-electron chi connectivity index (χ2n) is 2.34. The van der Waals surface area contributed by atoms with Crippen LogP contribution >= 0.6 is 38.5 Å². The zero-order valence-electron chi connectivity index (χ0n) is 7.01. The van der Waals surface area contributed by atoms with Gasteiger partial charge in [-0.3, -0.25) is 0 Å². The Balaban J connectivity index is 2.95. The standard InChI is InChI=1S/C8H8BrIO2Si/c9-5-1-2-6(7(10)3-5)8(11)12-4-13/h1-3H,4H2,13H3. The third-order valence-corrected chi connectivity index (χ3v) is 3.10. The van der Waals surface area contributed by atoms with Crippen LogP contribution in [0.3, 0.4) is 0 Å². The highest BCUT2D eigenvalue weighted by Crippen LogP contribution is 2.19. The molecule has 0 spiro atoms. The highest BCUT2D eigenvalue weighted by atomic mass is 127. The molecular formula is C8H8BrIO2Si. The first-order chi connectivity index (χ1) is 6.15. The summed E-state index contributed by atoms with van der Waals surface area (Å²) >= 11 is 5.46. The number of ether oxygens (including phenoxy) is 1. The van der Waals surface area contributed by atoms with Gasteiger partial charge in [0.2, 0.25) is 0 Å². The van der Waals surface area contributed by atoms with E-state index in [1.165, 1.54) is 0 Å². The molecule has 0 aromatic heterocycles. The van der Waals surface area contributed by atoms with Crippen LogP contribution in [0.15, 0.2) is 22.7 Å². The van der Waals surface area contributed by atoms with Gasteiger partial charge in [-0.2, -0.15) is 0 Å². The Morgan fingerprint density at radius 2 is 2.31 bits per heavy atom. The molecule has 0 bridgehead atoms. The van der Waals surface area contributed by atoms with Crippen molar-refractivity contribution in [2.45, 2.75) is 0 Å². The van der Waals surface area contributed by atoms with Crippen molar-refractivity contribution < 1.29 is 9.53 Å². The van der Waals surface area contributed by atoms with Crippen LogP contribution in [0.4, 0.5) is 0 Å². The second kappa shape index (κ2) is 5.11. The minimum absolute atomic E-state index is 0.230. The van der Waals surface area contributed by atoms with E-state index < -0.39 is 0 Å². The molecule has 2 nitrogen and oxygen atoms in total. The zero-order valence-corrected chi connectivity index (χ0v) is 12.8. The van der Waals surface area contributed by atoms with Gasteiger partial charge in [0.25, 0.3) is 0 Å². The number of hydrogen-bond acceptors (Lipinski definition) is 2. The SMILES string of the molecule is O=C(OC[SiH3])c1ccc(Br)cc1I. The predicted molar refractivity (Wildman–Crippen MR) is 67.1 cm³/mol. The van der Waals surface area contributed by atoms with Crippen LogP contribution in [0.1, 0.15) is 10.4 Å². The molecule has 0 radical (unpaired) electrons. The number of halogens is 2. The van der Waals surface area contributed by atoms with Crippen molar-refractivity contribution in [1.82, 2.24) is 0 Å². The number of benzene rings is 1. The normalized spacial score (nSPS) is 10.0. The van der Waals surface area contributed by atoms with Gasteiger partial charge in [-0.15, -0.1) is 0 Å². The Bertz CT molecular complexity index is 330. The predicted octanol–water partition coefficient (Wildman–Crippen LogP) is 1.53. The molecule has 0 amide bonds. The highest BCUT2D eigenvalue weighted by molar-refractivity contribution is 14.1. The van der Waals surface area contributed by atoms with Crippen molar-refractivity contribution in [2.24, 2.45) is 0 Å². The largest absolute Gasteiger partial charge is 0.467 e. The Morgan fingerprint density at radius 1 is 1.62 bits per heavy atom. The fraction of sp³-hybridized carbons (Fsp3) is 0.125. The quantitative estimate of drug-likeness (QED) is 0.448. The van der Waals surface area contributed by atoms with Gasteiger partial charge in [-0.25, -0.2) is 4.79 Å². The van der Waals surface area contributed by atoms with Crippen LogP contribution in [0, 0.1) is 3.57 Å². The molecule has 0 aliphatic carbocycles. The number of rotatable bonds is 2. The van der Waals surface area contributed by atoms with E-state index in [9.17, 15) is 4.79 Å². The average Bonchev–Trinajstić information content (AvgIpc) is 2.04. The summed E-state index contributed by atoms with van der Waals surface area (Å²) in [5.74, 6) is -0.230. The first-order valence-electron chi connectivity index (χ1n) is 3.77. The lowest BCUT2D eigenvalue weighted by Gasteiger charge is -2.03. The lowest BCUT2D eigenvalue weighted by Crippen LogP contribution is -2.07. The average molecular weight is 371 g/mol. The van der Waals surface area contributed by atoms with Gasteiger partial charge in [0.1, 0.15) is 0 Å². The van der Waals surface area contributed by atoms with E-state index in [0.717, 1.165) is 18.3 Å². The molecule has 1 aromatic carbocycles. The van der Waals surface area contributed by atoms with Crippen LogP contribution in [0.5, 0.6) is 0 Å². The Kier molecular flexibility index (Phi) is 4.40. The number of carbonyl (C=O) groups is 1. The zero-order chi connectivity index (χ0) is 9.84. The summed E-state index contributed by atoms with van der Waals surface area (Å²) in [5, 5.41) is 0. The lowest BCUT2D eigenvalue weighted by molar-refractivity contribution is 0.0572. The molecule has 0 atom stereocenters. The van der Waals surface area contributed by atoms with E-state index in [-0.39, 0.29) is 5.97 Å². The molecule has 0 heterocycles. The van der Waals surface area contributed by atoms with Crippen molar-refractivity contribution in [1.29, 1.82) is 0 Å². The lowest BCUT2D eigenvalue weighted by atomic mass is 10.2. The molecular weight excluding hydrogens is 363 g/mol. The summed E-state index contributed by atoms with van der Waals surface area (Å²) in [4.78, 5) is 11.4. The van der Waals surface area contributed by atoms with Crippen molar-refractivity contribution >= 4 is 54.7 Å². The molecule has 0 aliphatic heterocycles. The third-order valence-electron chi connectivity index (χ3n) is 1.43. The summed E-state index contributed by atoms with van der Waals surface area (Å²) in [6, 6.07) is 5.50. The van der Waals surface area contributed by atoms with Crippen molar-refractivity contribution in [2.75, 3.05) is 6.23 Å². The second-order valence-corrected chi connectivity index (χ2v) is 5.00. The fourth-order valence-electron chi connectivity index (χ4n) is 0.864. The van der Waals surface area contributed by atoms with E-state index in [1.54, 1.807) is 6.07 Å². The van der Waals surface area contributed by atoms with Crippen LogP contribution in [-0.4, -0.2) is 22.4 Å². The van der Waals surface area contributed by atoms with Gasteiger partial charge in [0.05, 0.1) is 22.0 Å². The molecule has 1 rings (SSSR count). The van der Waals surface area contributed by atoms with E-state index in [4.69, 9.17) is 4.74 Å². The van der Waals surface area contributed by atoms with Gasteiger partial charge < -0.3 is 4.74 Å². The molecule has 0 saturated heterocycles. The van der Waals surface area contributed by atoms with Crippen molar-refractivity contribution in [3.63, 3.8) is 0 Å². The van der Waals surface area contributed by atoms with Gasteiger partial charge in [-0.05, 0) is 40.8 Å². The topological polar surface area (TPSA) is 26.3 Å². The number of esters is 1. The minimum atomic E-state index is -0.230. The maximum Gasteiger partial charge on any atom is 0.338 e. The van der Waals surface area contributed by atoms with Crippen LogP contribution in [0.2, 0.25) is 0 Å². The van der Waals surface area contributed by atoms with E-state index >= 15 is 0 Å². The minimum Gasteiger partial charge on any atom is -0.467 e. The molecule has 0 aliphatic rings. The molecule has 5 heteroatoms. The Labute approximate surface area is 102 Å². The van der Waals surface area contributed by atoms with Crippen LogP contribution in [0.25, 0.3) is 0 Å². The summed E-state index contributed by atoms with van der Waals surface area (Å²) in [5.41, 5.74) is 0.639. The smallest absolute Gasteiger partial charge is 0.338 e. The monoisotopic (exact) mass is 370 g/mol. The molecule has 1 aromatic rings. The van der Waals surface area contributed by atoms with E-state index in [2.05, 4.69) is 38.5 Å². The molecule has 13 heavy (non-hydrogen) atoms. The van der Waals surface area contributed by atoms with Crippen LogP contribution < -0.4 is 0 Å². The van der Waals surface area contributed by atoms with Gasteiger partial charge in [0.15, 0.2) is 0 Å². The fourth-order valence-corrected chi connectivity index (χ4v) is 2.65. The highest BCUT2D eigenvalue weighted by Gasteiger charge is 2.10. The maximum atomic E-state index is 11.4. The Morgan fingerprint density at radius 3 is 2.85 bits per heavy atom. The van der Waals surface area contributed by atoms with Gasteiger partial charge >= 0.3 is 5.97 Å². The molecule has 0 fully saturated rings. The van der Waals surface area contributed by atoms with E-state index in [0.29, 0.717) is 11.8 Å². The summed E-state index contributed by atoms with van der Waals surface area (Å²) in [6.07, 6.45) is 0.547. The number of carbonyl (C=O) groups excluding carboxylic acids is 1. The Hall–Kier alpha value is 0.117. The molecule has 0 saturated carbocycles. The maximum absolute atomic E-state index is 11.4. The first kappa shape index (κ1) is 11.2. The summed E-state index contributed by atoms with van der Waals surface area (Å²) in [7, 11) is 0.880. The first-order valence-corrected chi connectivity index (χ1v) is 7.06.